The maximum atomic E-state index is 13.1. The fourth-order valence-corrected chi connectivity index (χ4v) is 7.66. The Morgan fingerprint density at radius 1 is 1.24 bits per heavy atom. The number of nitrogens with two attached hydrogens (primary N) is 1. The second-order valence-corrected chi connectivity index (χ2v) is 17.0. The molecule has 246 valence electrons. The third-order valence-electron chi connectivity index (χ3n) is 10.1. The highest BCUT2D eigenvalue weighted by atomic mass is 35.5. The highest BCUT2D eigenvalue weighted by Crippen LogP contribution is 2.52. The van der Waals surface area contributed by atoms with Crippen molar-refractivity contribution >= 4 is 33.3 Å². The Morgan fingerprint density at radius 3 is 2.67 bits per heavy atom. The minimum Gasteiger partial charge on any atom is -0.490 e. The van der Waals surface area contributed by atoms with Gasteiger partial charge in [0.15, 0.2) is 0 Å². The van der Waals surface area contributed by atoms with Gasteiger partial charge in [-0.2, -0.15) is 0 Å². The lowest BCUT2D eigenvalue weighted by Gasteiger charge is -2.52. The van der Waals surface area contributed by atoms with Gasteiger partial charge in [-0.1, -0.05) is 36.7 Å². The summed E-state index contributed by atoms with van der Waals surface area (Å²) in [5, 5.41) is 16.6. The maximum absolute atomic E-state index is 13.1. The predicted octanol–water partition coefficient (Wildman–Crippen LogP) is 6.17. The Bertz CT molecular complexity index is 1570. The van der Waals surface area contributed by atoms with Crippen LogP contribution in [0.25, 0.3) is 0 Å². The van der Waals surface area contributed by atoms with Crippen LogP contribution in [0.15, 0.2) is 48.6 Å². The molecule has 0 unspecified atom stereocenters. The number of hydrogen-bond donors (Lipinski definition) is 2. The number of fused-ring (bicyclic) bond motifs is 3. The molecule has 45 heavy (non-hydrogen) atoms. The third kappa shape index (κ3) is 7.22. The van der Waals surface area contributed by atoms with E-state index in [1.54, 1.807) is 25.1 Å². The molecule has 1 saturated carbocycles. The van der Waals surface area contributed by atoms with Crippen molar-refractivity contribution in [2.75, 3.05) is 24.6 Å². The molecular formula is C35H47ClN2O6S. The summed E-state index contributed by atoms with van der Waals surface area (Å²) >= 11 is 6.41. The van der Waals surface area contributed by atoms with Crippen molar-refractivity contribution in [2.45, 2.75) is 95.5 Å². The van der Waals surface area contributed by atoms with Gasteiger partial charge in [0.1, 0.15) is 11.4 Å². The first-order valence-corrected chi connectivity index (χ1v) is 17.9. The summed E-state index contributed by atoms with van der Waals surface area (Å²) in [6.07, 6.45) is 7.67. The lowest BCUT2D eigenvalue weighted by molar-refractivity contribution is -0.0469. The third-order valence-corrected chi connectivity index (χ3v) is 11.6. The van der Waals surface area contributed by atoms with E-state index in [4.69, 9.17) is 26.2 Å². The largest absolute Gasteiger partial charge is 0.490 e. The number of aliphatic hydroxyl groups excluding tert-OH is 1. The first-order chi connectivity index (χ1) is 21.0. The van der Waals surface area contributed by atoms with E-state index >= 15 is 0 Å². The average molecular weight is 659 g/mol. The Morgan fingerprint density at radius 2 is 2.00 bits per heavy atom. The van der Waals surface area contributed by atoms with Crippen molar-refractivity contribution in [3.63, 3.8) is 0 Å². The van der Waals surface area contributed by atoms with Crippen LogP contribution in [-0.2, 0) is 26.6 Å². The number of anilines is 1. The molecule has 2 aliphatic carbocycles. The molecule has 1 heterocycles. The first-order valence-electron chi connectivity index (χ1n) is 15.9. The Balaban J connectivity index is 1.47. The molecule has 0 saturated heterocycles. The van der Waals surface area contributed by atoms with Gasteiger partial charge >= 0.3 is 5.97 Å². The van der Waals surface area contributed by atoms with Gasteiger partial charge in [0.25, 0.3) is 0 Å². The molecule has 5 atom stereocenters. The monoisotopic (exact) mass is 658 g/mol. The predicted molar refractivity (Wildman–Crippen MR) is 179 cm³/mol. The van der Waals surface area contributed by atoms with Gasteiger partial charge in [-0.3, -0.25) is 0 Å². The lowest BCUT2D eigenvalue weighted by Crippen LogP contribution is -2.53. The molecule has 1 aliphatic heterocycles. The smallest absolute Gasteiger partial charge is 0.338 e. The van der Waals surface area contributed by atoms with Gasteiger partial charge in [0.05, 0.1) is 29.2 Å². The van der Waals surface area contributed by atoms with Gasteiger partial charge in [-0.05, 0) is 114 Å². The molecule has 5 rings (SSSR count). The fourth-order valence-electron chi connectivity index (χ4n) is 7.09. The fraction of sp³-hybridized carbons (Fsp3) is 0.571. The van der Waals surface area contributed by atoms with E-state index in [1.807, 2.05) is 39.0 Å². The standard InChI is InChI=1S/C35H47ClN2O6S/c1-23(45(37,41)42)8-6-10-31(39)34(5)17-15-26(34)20-38-21-35(16-7-9-24-18-27(36)12-13-28(24)35)22-43-30-14-11-25(19-29(30)38)32(40)44-33(2,3)4/h6,10-14,18-19,23,26,31,39H,7-9,15-17,20-22H2,1-5H3,(H2,37,41,42)/b10-6+/t23-,26+,31+,34-,35+/m1/s1. The second kappa shape index (κ2) is 12.5. The van der Waals surface area contributed by atoms with Gasteiger partial charge < -0.3 is 19.5 Å². The molecule has 1 spiro atoms. The van der Waals surface area contributed by atoms with E-state index in [0.29, 0.717) is 25.3 Å². The minimum atomic E-state index is -3.64. The highest BCUT2D eigenvalue weighted by Gasteiger charge is 2.49. The van der Waals surface area contributed by atoms with E-state index in [0.717, 1.165) is 48.6 Å². The number of rotatable bonds is 8. The van der Waals surface area contributed by atoms with Crippen molar-refractivity contribution in [2.24, 2.45) is 16.5 Å². The number of ether oxygens (including phenoxy) is 2. The van der Waals surface area contributed by atoms with Crippen LogP contribution in [0.4, 0.5) is 5.69 Å². The number of allylic oxidation sites excluding steroid dienone is 1. The second-order valence-electron chi connectivity index (χ2n) is 14.5. The number of carbonyl (C=O) groups is 1. The number of benzene rings is 2. The topological polar surface area (TPSA) is 119 Å². The SMILES string of the molecule is C[C@H](C/C=C/[C@H](O)[C@]1(C)CC[C@H]1CN1C[C@@]2(CCCc3cc(Cl)ccc32)COc2ccc(C(=O)OC(C)(C)C)cc21)S(N)(=O)=O. The molecule has 0 aromatic heterocycles. The lowest BCUT2D eigenvalue weighted by atomic mass is 9.58. The minimum absolute atomic E-state index is 0.147. The Labute approximate surface area is 273 Å². The van der Waals surface area contributed by atoms with Gasteiger partial charge in [0, 0.05) is 28.9 Å². The number of primary sulfonamides is 1. The van der Waals surface area contributed by atoms with E-state index in [1.165, 1.54) is 11.1 Å². The normalized spacial score (nSPS) is 26.3. The summed E-state index contributed by atoms with van der Waals surface area (Å²) in [6, 6.07) is 11.7. The maximum Gasteiger partial charge on any atom is 0.338 e. The number of aliphatic hydroxyl groups is 1. The molecule has 8 nitrogen and oxygen atoms in total. The number of hydrogen-bond acceptors (Lipinski definition) is 7. The average Bonchev–Trinajstić information content (AvgIpc) is 3.10. The van der Waals surface area contributed by atoms with Crippen LogP contribution in [0.1, 0.15) is 88.2 Å². The van der Waals surface area contributed by atoms with Crippen molar-refractivity contribution in [3.05, 3.63) is 70.3 Å². The zero-order valence-corrected chi connectivity index (χ0v) is 28.6. The summed E-state index contributed by atoms with van der Waals surface area (Å²) in [7, 11) is -3.64. The molecule has 3 N–H and O–H groups in total. The van der Waals surface area contributed by atoms with Crippen molar-refractivity contribution in [3.8, 4) is 5.75 Å². The van der Waals surface area contributed by atoms with Crippen LogP contribution >= 0.6 is 11.6 Å². The van der Waals surface area contributed by atoms with Crippen LogP contribution in [0.2, 0.25) is 5.02 Å². The highest BCUT2D eigenvalue weighted by molar-refractivity contribution is 7.89. The number of esters is 1. The van der Waals surface area contributed by atoms with E-state index < -0.39 is 32.4 Å². The summed E-state index contributed by atoms with van der Waals surface area (Å²) in [5.41, 5.74) is 2.52. The molecule has 1 fully saturated rings. The number of nitrogens with zero attached hydrogens (tertiary/aromatic N) is 1. The molecule has 10 heteroatoms. The quantitative estimate of drug-likeness (QED) is 0.257. The molecule has 3 aliphatic rings. The number of carbonyl (C=O) groups excluding carboxylic acids is 1. The number of sulfonamides is 1. The van der Waals surface area contributed by atoms with Crippen molar-refractivity contribution in [1.29, 1.82) is 0 Å². The summed E-state index contributed by atoms with van der Waals surface area (Å²) in [4.78, 5) is 15.5. The van der Waals surface area contributed by atoms with Crippen LogP contribution in [0.3, 0.4) is 0 Å². The molecule has 2 aromatic rings. The first kappa shape index (κ1) is 33.8. The zero-order chi connectivity index (χ0) is 32.8. The number of halogens is 1. The molecular weight excluding hydrogens is 612 g/mol. The van der Waals surface area contributed by atoms with Gasteiger partial charge in [0.2, 0.25) is 10.0 Å². The molecule has 0 amide bonds. The van der Waals surface area contributed by atoms with Gasteiger partial charge in [-0.25, -0.2) is 18.4 Å². The summed E-state index contributed by atoms with van der Waals surface area (Å²) < 4.78 is 35.6. The van der Waals surface area contributed by atoms with E-state index in [-0.39, 0.29) is 23.7 Å². The van der Waals surface area contributed by atoms with Crippen LogP contribution < -0.4 is 14.8 Å². The summed E-state index contributed by atoms with van der Waals surface area (Å²) in [5.74, 6) is 0.484. The zero-order valence-electron chi connectivity index (χ0n) is 27.0. The molecule has 0 radical (unpaired) electrons. The van der Waals surface area contributed by atoms with Crippen LogP contribution in [0, 0.1) is 11.3 Å². The molecule has 0 bridgehead atoms. The van der Waals surface area contributed by atoms with E-state index in [2.05, 4.69) is 24.0 Å². The molecule has 2 aromatic carbocycles. The van der Waals surface area contributed by atoms with Crippen LogP contribution in [-0.4, -0.2) is 56.1 Å². The summed E-state index contributed by atoms with van der Waals surface area (Å²) in [6.45, 7) is 11.1. The van der Waals surface area contributed by atoms with Crippen molar-refractivity contribution < 1.29 is 27.8 Å². The van der Waals surface area contributed by atoms with Gasteiger partial charge in [-0.15, -0.1) is 0 Å². The van der Waals surface area contributed by atoms with Crippen LogP contribution in [0.5, 0.6) is 5.75 Å². The Hall–Kier alpha value is -2.59. The van der Waals surface area contributed by atoms with Crippen molar-refractivity contribution in [1.82, 2.24) is 0 Å². The number of aryl methyl sites for hydroxylation is 1. The van der Waals surface area contributed by atoms with E-state index in [9.17, 15) is 18.3 Å². The Kier molecular flexibility index (Phi) is 9.41.